The minimum absolute atomic E-state index is 0.232. The van der Waals surface area contributed by atoms with Gasteiger partial charge in [0.25, 0.3) is 5.56 Å². The molecule has 0 amide bonds. The van der Waals surface area contributed by atoms with E-state index in [-0.39, 0.29) is 5.56 Å². The van der Waals surface area contributed by atoms with E-state index in [1.807, 2.05) is 66.3 Å². The molecule has 0 aliphatic rings. The highest BCUT2D eigenvalue weighted by Gasteiger charge is 2.12. The summed E-state index contributed by atoms with van der Waals surface area (Å²) in [5.41, 5.74) is 3.06. The first-order valence-electron chi connectivity index (χ1n) is 8.55. The Kier molecular flexibility index (Phi) is 3.33. The molecule has 27 heavy (non-hydrogen) atoms. The maximum Gasteiger partial charge on any atom is 0.263 e. The van der Waals surface area contributed by atoms with Gasteiger partial charge in [-0.3, -0.25) is 9.78 Å². The van der Waals surface area contributed by atoms with E-state index < -0.39 is 0 Å². The molecule has 7 nitrogen and oxygen atoms in total. The number of H-pyrrole nitrogens is 1. The van der Waals surface area contributed by atoms with Crippen molar-refractivity contribution in [2.75, 3.05) is 5.32 Å². The summed E-state index contributed by atoms with van der Waals surface area (Å²) in [6.45, 7) is 0. The predicted octanol–water partition coefficient (Wildman–Crippen LogP) is 3.34. The van der Waals surface area contributed by atoms with Crippen LogP contribution in [0.2, 0.25) is 0 Å². The van der Waals surface area contributed by atoms with E-state index in [0.29, 0.717) is 17.0 Å². The van der Waals surface area contributed by atoms with E-state index in [9.17, 15) is 4.79 Å². The van der Waals surface area contributed by atoms with Crippen LogP contribution in [-0.2, 0) is 7.05 Å². The number of para-hydroxylation sites is 1. The van der Waals surface area contributed by atoms with Crippen LogP contribution < -0.4 is 10.9 Å². The van der Waals surface area contributed by atoms with Crippen LogP contribution in [0.5, 0.6) is 0 Å². The fraction of sp³-hybridized carbons (Fsp3) is 0.0500. The summed E-state index contributed by atoms with van der Waals surface area (Å²) in [6.07, 6.45) is 3.55. The highest BCUT2D eigenvalue weighted by Crippen LogP contribution is 2.22. The lowest BCUT2D eigenvalue weighted by Gasteiger charge is -2.08. The number of aromatic amines is 1. The lowest BCUT2D eigenvalue weighted by atomic mass is 10.2. The van der Waals surface area contributed by atoms with Crippen LogP contribution in [0.1, 0.15) is 0 Å². The molecule has 3 aromatic heterocycles. The van der Waals surface area contributed by atoms with Crippen molar-refractivity contribution in [3.8, 4) is 5.69 Å². The normalized spacial score (nSPS) is 11.3. The van der Waals surface area contributed by atoms with Crippen LogP contribution in [-0.4, -0.2) is 24.3 Å². The van der Waals surface area contributed by atoms with Crippen LogP contribution >= 0.6 is 0 Å². The van der Waals surface area contributed by atoms with Gasteiger partial charge in [0.05, 0.1) is 11.9 Å². The summed E-state index contributed by atoms with van der Waals surface area (Å²) in [5.74, 6) is 0.374. The molecule has 2 aromatic carbocycles. The zero-order chi connectivity index (χ0) is 18.4. The average molecular weight is 356 g/mol. The predicted molar refractivity (Wildman–Crippen MR) is 106 cm³/mol. The van der Waals surface area contributed by atoms with Crippen molar-refractivity contribution in [2.24, 2.45) is 7.05 Å². The number of benzene rings is 2. The van der Waals surface area contributed by atoms with E-state index in [2.05, 4.69) is 26.4 Å². The second-order valence-electron chi connectivity index (χ2n) is 6.37. The summed E-state index contributed by atoms with van der Waals surface area (Å²) in [7, 11) is 2.00. The molecule has 7 heteroatoms. The third-order valence-electron chi connectivity index (χ3n) is 4.59. The lowest BCUT2D eigenvalue weighted by Crippen LogP contribution is -2.11. The molecule has 0 aliphatic heterocycles. The van der Waals surface area contributed by atoms with Crippen LogP contribution in [0.15, 0.2) is 71.8 Å². The van der Waals surface area contributed by atoms with Crippen molar-refractivity contribution in [1.82, 2.24) is 24.3 Å². The number of rotatable bonds is 3. The number of anilines is 2. The molecule has 0 radical (unpaired) electrons. The summed E-state index contributed by atoms with van der Waals surface area (Å²) in [6, 6.07) is 17.7. The molecule has 2 N–H and O–H groups in total. The molecular formula is C20H16N6O. The van der Waals surface area contributed by atoms with Crippen molar-refractivity contribution in [3.63, 3.8) is 0 Å². The Balaban J connectivity index is 1.60. The van der Waals surface area contributed by atoms with Gasteiger partial charge in [-0.1, -0.05) is 24.3 Å². The quantitative estimate of drug-likeness (QED) is 0.519. The van der Waals surface area contributed by atoms with E-state index in [1.165, 1.54) is 6.20 Å². The zero-order valence-corrected chi connectivity index (χ0v) is 14.5. The van der Waals surface area contributed by atoms with Gasteiger partial charge in [-0.2, -0.15) is 10.1 Å². The SMILES string of the molecule is Cn1ccc2ccc(Nc3nc4c(cnn4-c4ccccc4)c(=O)[nH]3)cc21. The Labute approximate surface area is 153 Å². The van der Waals surface area contributed by atoms with E-state index >= 15 is 0 Å². The number of fused-ring (bicyclic) bond motifs is 2. The van der Waals surface area contributed by atoms with Crippen molar-refractivity contribution in [1.29, 1.82) is 0 Å². The molecule has 0 atom stereocenters. The Morgan fingerprint density at radius 2 is 1.93 bits per heavy atom. The van der Waals surface area contributed by atoms with E-state index in [1.54, 1.807) is 4.68 Å². The minimum atomic E-state index is -0.232. The number of nitrogens with one attached hydrogen (secondary N) is 2. The summed E-state index contributed by atoms with van der Waals surface area (Å²) < 4.78 is 3.71. The maximum absolute atomic E-state index is 12.5. The molecule has 0 fully saturated rings. The summed E-state index contributed by atoms with van der Waals surface area (Å²) in [4.78, 5) is 19.8. The Hall–Kier alpha value is -3.87. The van der Waals surface area contributed by atoms with Crippen molar-refractivity contribution in [3.05, 3.63) is 77.3 Å². The zero-order valence-electron chi connectivity index (χ0n) is 14.5. The van der Waals surface area contributed by atoms with Gasteiger partial charge in [-0.05, 0) is 35.7 Å². The largest absolute Gasteiger partial charge is 0.350 e. The van der Waals surface area contributed by atoms with Crippen molar-refractivity contribution >= 4 is 33.6 Å². The molecule has 0 spiro atoms. The molecular weight excluding hydrogens is 340 g/mol. The topological polar surface area (TPSA) is 80.5 Å². The molecule has 0 unspecified atom stereocenters. The monoisotopic (exact) mass is 356 g/mol. The van der Waals surface area contributed by atoms with Gasteiger partial charge in [0.1, 0.15) is 5.39 Å². The van der Waals surface area contributed by atoms with Crippen molar-refractivity contribution < 1.29 is 0 Å². The summed E-state index contributed by atoms with van der Waals surface area (Å²) in [5, 5.41) is 9.12. The fourth-order valence-electron chi connectivity index (χ4n) is 3.21. The van der Waals surface area contributed by atoms with Gasteiger partial charge in [0, 0.05) is 24.4 Å². The maximum atomic E-state index is 12.5. The van der Waals surface area contributed by atoms with E-state index in [0.717, 1.165) is 22.3 Å². The van der Waals surface area contributed by atoms with E-state index in [4.69, 9.17) is 0 Å². The van der Waals surface area contributed by atoms with Gasteiger partial charge in [0.15, 0.2) is 5.65 Å². The highest BCUT2D eigenvalue weighted by atomic mass is 16.1. The Morgan fingerprint density at radius 1 is 1.07 bits per heavy atom. The number of aromatic nitrogens is 5. The van der Waals surface area contributed by atoms with Gasteiger partial charge >= 0.3 is 0 Å². The van der Waals surface area contributed by atoms with Gasteiger partial charge in [-0.25, -0.2) is 4.68 Å². The first-order valence-corrected chi connectivity index (χ1v) is 8.55. The fourth-order valence-corrected chi connectivity index (χ4v) is 3.21. The smallest absolute Gasteiger partial charge is 0.263 e. The van der Waals surface area contributed by atoms with Crippen LogP contribution in [0, 0.1) is 0 Å². The molecule has 3 heterocycles. The average Bonchev–Trinajstić information content (AvgIpc) is 3.27. The third kappa shape index (κ3) is 2.56. The first kappa shape index (κ1) is 15.4. The van der Waals surface area contributed by atoms with Gasteiger partial charge < -0.3 is 9.88 Å². The number of aryl methyl sites for hydroxylation is 1. The highest BCUT2D eigenvalue weighted by molar-refractivity contribution is 5.84. The minimum Gasteiger partial charge on any atom is -0.350 e. The lowest BCUT2D eigenvalue weighted by molar-refractivity contribution is 0.895. The Bertz CT molecular complexity index is 1330. The van der Waals surface area contributed by atoms with Gasteiger partial charge in [-0.15, -0.1) is 0 Å². The van der Waals surface area contributed by atoms with Crippen LogP contribution in [0.3, 0.4) is 0 Å². The second kappa shape index (κ2) is 5.84. The number of nitrogens with zero attached hydrogens (tertiary/aromatic N) is 4. The standard InChI is InChI=1S/C20H16N6O/c1-25-10-9-13-7-8-14(11-17(13)25)22-20-23-18-16(19(27)24-20)12-21-26(18)15-5-3-2-4-6-15/h2-12H,1H3,(H2,22,23,24,27). The molecule has 0 saturated heterocycles. The molecule has 132 valence electrons. The second-order valence-corrected chi connectivity index (χ2v) is 6.37. The molecule has 0 bridgehead atoms. The third-order valence-corrected chi connectivity index (χ3v) is 4.59. The van der Waals surface area contributed by atoms with Crippen LogP contribution in [0.25, 0.3) is 27.6 Å². The molecule has 0 saturated carbocycles. The molecule has 0 aliphatic carbocycles. The summed E-state index contributed by atoms with van der Waals surface area (Å²) >= 11 is 0. The molecule has 5 rings (SSSR count). The van der Waals surface area contributed by atoms with Gasteiger partial charge in [0.2, 0.25) is 5.95 Å². The van der Waals surface area contributed by atoms with Crippen molar-refractivity contribution in [2.45, 2.75) is 0 Å². The first-order chi connectivity index (χ1) is 13.2. The molecule has 5 aromatic rings. The number of hydrogen-bond acceptors (Lipinski definition) is 4. The van der Waals surface area contributed by atoms with Crippen LogP contribution in [0.4, 0.5) is 11.6 Å². The Morgan fingerprint density at radius 3 is 2.78 bits per heavy atom. The number of hydrogen-bond donors (Lipinski definition) is 2.